The molecule has 0 N–H and O–H groups in total. The summed E-state index contributed by atoms with van der Waals surface area (Å²) in [6.45, 7) is 6.50. The second-order valence-electron chi connectivity index (χ2n) is 0.289. The van der Waals surface area contributed by atoms with Crippen LogP contribution in [0.5, 0.6) is 0 Å². The van der Waals surface area contributed by atoms with Crippen molar-refractivity contribution in [2.24, 2.45) is 0 Å². The fraction of sp³-hybridized carbons (Fsp3) is 0. The van der Waals surface area contributed by atoms with E-state index >= 15 is 0 Å². The molecule has 0 aliphatic rings. The molecule has 0 atom stereocenters. The van der Waals surface area contributed by atoms with Crippen LogP contribution in [0.3, 0.4) is 0 Å². The van der Waals surface area contributed by atoms with Crippen LogP contribution in [0.1, 0.15) is 2.85 Å². The minimum absolute atomic E-state index is 0. The molecule has 4 heavy (non-hydrogen) atoms. The van der Waals surface area contributed by atoms with Crippen molar-refractivity contribution < 1.29 is 2.85 Å². The minimum atomic E-state index is 0. The van der Waals surface area contributed by atoms with Crippen LogP contribution < -0.4 is 0 Å². The van der Waals surface area contributed by atoms with Crippen LogP contribution in [0.25, 0.3) is 0 Å². The van der Waals surface area contributed by atoms with E-state index in [1.54, 1.807) is 0 Å². The van der Waals surface area contributed by atoms with Gasteiger partial charge in [-0.15, -0.1) is 6.58 Å². The fourth-order valence-corrected chi connectivity index (χ4v) is 0. The molecule has 0 aliphatic carbocycles. The zero-order valence-electron chi connectivity index (χ0n) is 2.57. The van der Waals surface area contributed by atoms with E-state index in [1.165, 1.54) is 6.08 Å². The summed E-state index contributed by atoms with van der Waals surface area (Å²) in [5, 5.41) is 0. The van der Waals surface area contributed by atoms with E-state index in [2.05, 4.69) is 13.5 Å². The first-order valence-electron chi connectivity index (χ1n) is 0.816. The van der Waals surface area contributed by atoms with Crippen molar-refractivity contribution in [3.05, 3.63) is 19.6 Å². The molecule has 0 amide bonds. The molecular formula is C3H9Ga. The zero-order valence-corrected chi connectivity index (χ0v) is 4.99. The van der Waals surface area contributed by atoms with Gasteiger partial charge in [-0.1, -0.05) is 6.08 Å². The van der Waals surface area contributed by atoms with Crippen LogP contribution in [-0.2, 0) is 0 Å². The Morgan fingerprint density at radius 1 is 1.75 bits per heavy atom. The zero-order chi connectivity index (χ0) is 2.71. The van der Waals surface area contributed by atoms with Crippen molar-refractivity contribution in [3.8, 4) is 0 Å². The van der Waals surface area contributed by atoms with Gasteiger partial charge >= 0.3 is 0 Å². The summed E-state index contributed by atoms with van der Waals surface area (Å²) in [4.78, 5) is 0. The Kier molecular flexibility index (Phi) is 22.2. The molecule has 0 fully saturated rings. The second-order valence-corrected chi connectivity index (χ2v) is 0.289. The van der Waals surface area contributed by atoms with Gasteiger partial charge in [0.15, 0.2) is 0 Å². The standard InChI is InChI=1S/C3H5.Ga.2H2/c1-3-2;;;/h3H,1-2H2;;2*1H. The van der Waals surface area contributed by atoms with Crippen LogP contribution in [0.2, 0.25) is 0 Å². The summed E-state index contributed by atoms with van der Waals surface area (Å²) in [7, 11) is 0. The Balaban J connectivity index is -0.00000000667. The van der Waals surface area contributed by atoms with E-state index in [0.29, 0.717) is 0 Å². The van der Waals surface area contributed by atoms with E-state index < -0.39 is 0 Å². The molecular weight excluding hydrogens is 106 g/mol. The number of hydrogen-bond donors (Lipinski definition) is 0. The van der Waals surface area contributed by atoms with Crippen molar-refractivity contribution in [2.75, 3.05) is 0 Å². The first-order valence-corrected chi connectivity index (χ1v) is 0.816. The topological polar surface area (TPSA) is 0 Å². The average Bonchev–Trinajstić information content (AvgIpc) is 0.918. The largest absolute Gasteiger partial charge is 0.103 e. The Bertz CT molecular complexity index is 16.3. The Morgan fingerprint density at radius 2 is 1.75 bits per heavy atom. The molecule has 0 unspecified atom stereocenters. The van der Waals surface area contributed by atoms with E-state index in [-0.39, 0.29) is 22.6 Å². The maximum atomic E-state index is 3.25. The predicted octanol–water partition coefficient (Wildman–Crippen LogP) is 1.12. The van der Waals surface area contributed by atoms with E-state index in [4.69, 9.17) is 0 Å². The summed E-state index contributed by atoms with van der Waals surface area (Å²) >= 11 is 0. The van der Waals surface area contributed by atoms with Crippen LogP contribution in [-0.4, -0.2) is 19.8 Å². The molecule has 0 aromatic rings. The van der Waals surface area contributed by atoms with Crippen LogP contribution in [0, 0.1) is 6.92 Å². The molecule has 4 radical (unpaired) electrons. The van der Waals surface area contributed by atoms with Gasteiger partial charge in [0.1, 0.15) is 0 Å². The molecule has 0 aromatic heterocycles. The number of allylic oxidation sites excluding steroid dienone is 1. The first-order chi connectivity index (χ1) is 1.41. The van der Waals surface area contributed by atoms with E-state index in [9.17, 15) is 0 Å². The third-order valence-electron chi connectivity index (χ3n) is 0. The molecule has 0 heterocycles. The van der Waals surface area contributed by atoms with Gasteiger partial charge in [0, 0.05) is 22.6 Å². The van der Waals surface area contributed by atoms with Gasteiger partial charge in [-0.25, -0.2) is 0 Å². The second kappa shape index (κ2) is 10.1. The van der Waals surface area contributed by atoms with Gasteiger partial charge in [-0.3, -0.25) is 0 Å². The molecule has 0 nitrogen and oxygen atoms in total. The van der Waals surface area contributed by atoms with Crippen molar-refractivity contribution in [2.45, 2.75) is 0 Å². The Hall–Kier alpha value is 0.376. The predicted molar refractivity (Wildman–Crippen MR) is 25.5 cm³/mol. The molecule has 0 rings (SSSR count). The summed E-state index contributed by atoms with van der Waals surface area (Å²) in [5.41, 5.74) is 0. The van der Waals surface area contributed by atoms with Gasteiger partial charge < -0.3 is 0 Å². The Labute approximate surface area is 42.9 Å². The monoisotopic (exact) mass is 114 g/mol. The van der Waals surface area contributed by atoms with Gasteiger partial charge in [-0.05, 0) is 6.92 Å². The third-order valence-corrected chi connectivity index (χ3v) is 0. The molecule has 1 heteroatoms. The fourth-order valence-electron chi connectivity index (χ4n) is 0. The average molecular weight is 115 g/mol. The van der Waals surface area contributed by atoms with Gasteiger partial charge in [0.05, 0.1) is 0 Å². The quantitative estimate of drug-likeness (QED) is 0.415. The van der Waals surface area contributed by atoms with Crippen molar-refractivity contribution >= 4 is 19.8 Å². The van der Waals surface area contributed by atoms with Crippen LogP contribution in [0.15, 0.2) is 12.7 Å². The maximum Gasteiger partial charge on any atom is 0 e. The van der Waals surface area contributed by atoms with Gasteiger partial charge in [0.25, 0.3) is 0 Å². The minimum Gasteiger partial charge on any atom is -0.103 e. The first kappa shape index (κ1) is 8.83. The van der Waals surface area contributed by atoms with Crippen LogP contribution in [0.4, 0.5) is 0 Å². The number of hydrogen-bond acceptors (Lipinski definition) is 0. The normalized spacial score (nSPS) is 3.25. The van der Waals surface area contributed by atoms with Crippen molar-refractivity contribution in [3.63, 3.8) is 0 Å². The van der Waals surface area contributed by atoms with Crippen LogP contribution >= 0.6 is 0 Å². The summed E-state index contributed by atoms with van der Waals surface area (Å²) < 4.78 is 0. The van der Waals surface area contributed by atoms with E-state index in [1.807, 2.05) is 0 Å². The molecule has 0 spiro atoms. The third kappa shape index (κ3) is 31.8. The summed E-state index contributed by atoms with van der Waals surface area (Å²) in [6, 6.07) is 0. The maximum absolute atomic E-state index is 3.25. The van der Waals surface area contributed by atoms with Gasteiger partial charge in [-0.2, -0.15) is 0 Å². The van der Waals surface area contributed by atoms with Crippen molar-refractivity contribution in [1.29, 1.82) is 0 Å². The molecule has 0 saturated heterocycles. The van der Waals surface area contributed by atoms with E-state index in [0.717, 1.165) is 0 Å². The molecule has 0 saturated carbocycles. The molecule has 0 aromatic carbocycles. The molecule has 0 aliphatic heterocycles. The Morgan fingerprint density at radius 3 is 1.75 bits per heavy atom. The van der Waals surface area contributed by atoms with Crippen molar-refractivity contribution in [1.82, 2.24) is 0 Å². The summed E-state index contributed by atoms with van der Waals surface area (Å²) in [6.07, 6.45) is 1.50. The number of rotatable bonds is 0. The summed E-state index contributed by atoms with van der Waals surface area (Å²) in [5.74, 6) is 0. The van der Waals surface area contributed by atoms with Gasteiger partial charge in [0.2, 0.25) is 0 Å². The molecule has 0 bridgehead atoms. The molecule has 24 valence electrons. The SMILES string of the molecule is [CH2]C=C.[Ga].[HH].[HH]. The smallest absolute Gasteiger partial charge is 0 e.